The normalized spacial score (nSPS) is 21.4. The molecule has 0 radical (unpaired) electrons. The summed E-state index contributed by atoms with van der Waals surface area (Å²) in [7, 11) is 0. The fraction of sp³-hybridized carbons (Fsp3) is 0.636. The highest BCUT2D eigenvalue weighted by Gasteiger charge is 2.18. The van der Waals surface area contributed by atoms with E-state index in [-0.39, 0.29) is 11.9 Å². The molecule has 4 nitrogen and oxygen atoms in total. The number of aromatic nitrogens is 1. The Balaban J connectivity index is 2.00. The molecule has 0 spiro atoms. The van der Waals surface area contributed by atoms with Crippen molar-refractivity contribution >= 4 is 22.4 Å². The van der Waals surface area contributed by atoms with Gasteiger partial charge in [0.05, 0.1) is 5.69 Å². The van der Waals surface area contributed by atoms with Crippen LogP contribution in [0.2, 0.25) is 0 Å². The maximum absolute atomic E-state index is 11.4. The molecule has 0 bridgehead atoms. The van der Waals surface area contributed by atoms with E-state index in [1.165, 1.54) is 4.88 Å². The van der Waals surface area contributed by atoms with Crippen molar-refractivity contribution in [3.63, 3.8) is 0 Å². The second-order valence-corrected chi connectivity index (χ2v) is 5.40. The van der Waals surface area contributed by atoms with Gasteiger partial charge in [0.1, 0.15) is 0 Å². The lowest BCUT2D eigenvalue weighted by atomic mass is 10.1. The van der Waals surface area contributed by atoms with Gasteiger partial charge in [0.2, 0.25) is 5.91 Å². The van der Waals surface area contributed by atoms with Crippen LogP contribution >= 0.6 is 11.3 Å². The van der Waals surface area contributed by atoms with Gasteiger partial charge in [-0.2, -0.15) is 0 Å². The van der Waals surface area contributed by atoms with E-state index >= 15 is 0 Å². The summed E-state index contributed by atoms with van der Waals surface area (Å²) in [6.07, 6.45) is 2.61. The lowest BCUT2D eigenvalue weighted by Gasteiger charge is -2.13. The van der Waals surface area contributed by atoms with Gasteiger partial charge in [0.25, 0.3) is 0 Å². The Hall–Kier alpha value is -1.10. The second kappa shape index (κ2) is 4.82. The number of thiazole rings is 1. The van der Waals surface area contributed by atoms with Gasteiger partial charge in [-0.1, -0.05) is 0 Å². The quantitative estimate of drug-likeness (QED) is 0.828. The highest BCUT2D eigenvalue weighted by atomic mass is 32.1. The summed E-state index contributed by atoms with van der Waals surface area (Å²) in [5.74, 6) is 0.139. The molecular formula is C11H17N3OS. The van der Waals surface area contributed by atoms with E-state index in [0.717, 1.165) is 30.2 Å². The van der Waals surface area contributed by atoms with Gasteiger partial charge < -0.3 is 10.6 Å². The van der Waals surface area contributed by atoms with Crippen LogP contribution in [-0.2, 0) is 4.79 Å². The number of anilines is 1. The number of rotatable bonds is 2. The van der Waals surface area contributed by atoms with E-state index in [0.29, 0.717) is 6.42 Å². The number of nitrogens with zero attached hydrogens (tertiary/aromatic N) is 1. The van der Waals surface area contributed by atoms with Crippen molar-refractivity contribution in [2.45, 2.75) is 39.2 Å². The van der Waals surface area contributed by atoms with Crippen LogP contribution in [0.4, 0.5) is 5.13 Å². The first-order valence-corrected chi connectivity index (χ1v) is 6.44. The minimum atomic E-state index is 0.139. The highest BCUT2D eigenvalue weighted by Crippen LogP contribution is 2.23. The van der Waals surface area contributed by atoms with Crippen molar-refractivity contribution < 1.29 is 4.79 Å². The molecule has 0 saturated carbocycles. The monoisotopic (exact) mass is 239 g/mol. The molecule has 1 aliphatic heterocycles. The first kappa shape index (κ1) is 11.4. The van der Waals surface area contributed by atoms with E-state index in [2.05, 4.69) is 22.5 Å². The van der Waals surface area contributed by atoms with Crippen molar-refractivity contribution in [3.05, 3.63) is 10.6 Å². The molecule has 1 atom stereocenters. The number of hydrogen-bond donors (Lipinski definition) is 2. The van der Waals surface area contributed by atoms with Crippen molar-refractivity contribution in [1.82, 2.24) is 10.3 Å². The Morgan fingerprint density at radius 1 is 1.50 bits per heavy atom. The first-order chi connectivity index (χ1) is 7.65. The first-order valence-electron chi connectivity index (χ1n) is 5.62. The molecule has 5 heteroatoms. The summed E-state index contributed by atoms with van der Waals surface area (Å²) in [5, 5.41) is 7.18. The van der Waals surface area contributed by atoms with Gasteiger partial charge >= 0.3 is 0 Å². The molecule has 1 aromatic rings. The van der Waals surface area contributed by atoms with Gasteiger partial charge in [-0.3, -0.25) is 4.79 Å². The van der Waals surface area contributed by atoms with E-state index < -0.39 is 0 Å². The highest BCUT2D eigenvalue weighted by molar-refractivity contribution is 7.15. The van der Waals surface area contributed by atoms with Crippen LogP contribution in [0.15, 0.2) is 0 Å². The Kier molecular flexibility index (Phi) is 3.43. The SMILES string of the molecule is Cc1nc(NC2CCCNC(=O)C2)sc1C. The average Bonchev–Trinajstić information content (AvgIpc) is 2.43. The minimum absolute atomic E-state index is 0.139. The molecule has 2 N–H and O–H groups in total. The number of hydrogen-bond acceptors (Lipinski definition) is 4. The Labute approximate surface area is 99.5 Å². The summed E-state index contributed by atoms with van der Waals surface area (Å²) in [5.41, 5.74) is 1.07. The standard InChI is InChI=1S/C11H17N3OS/c1-7-8(2)16-11(13-7)14-9-4-3-5-12-10(15)6-9/h9H,3-6H2,1-2H3,(H,12,15)(H,13,14). The lowest BCUT2D eigenvalue weighted by Crippen LogP contribution is -2.26. The van der Waals surface area contributed by atoms with Crippen LogP contribution in [0.3, 0.4) is 0 Å². The molecule has 1 aromatic heterocycles. The zero-order valence-corrected chi connectivity index (χ0v) is 10.5. The van der Waals surface area contributed by atoms with Crippen LogP contribution in [0.5, 0.6) is 0 Å². The van der Waals surface area contributed by atoms with Crippen molar-refractivity contribution in [2.75, 3.05) is 11.9 Å². The van der Waals surface area contributed by atoms with Gasteiger partial charge in [-0.15, -0.1) is 11.3 Å². The molecule has 1 aliphatic rings. The van der Waals surface area contributed by atoms with Crippen molar-refractivity contribution in [2.24, 2.45) is 0 Å². The van der Waals surface area contributed by atoms with Gasteiger partial charge in [0.15, 0.2) is 5.13 Å². The Morgan fingerprint density at radius 2 is 2.31 bits per heavy atom. The summed E-state index contributed by atoms with van der Waals surface area (Å²) < 4.78 is 0. The van der Waals surface area contributed by atoms with Crippen LogP contribution < -0.4 is 10.6 Å². The Bertz CT molecular complexity index is 369. The molecule has 1 amide bonds. The molecule has 2 heterocycles. The molecule has 0 aromatic carbocycles. The third-order valence-electron chi connectivity index (χ3n) is 2.84. The minimum Gasteiger partial charge on any atom is -0.358 e. The zero-order chi connectivity index (χ0) is 11.5. The number of carbonyl (C=O) groups excluding carboxylic acids is 1. The fourth-order valence-electron chi connectivity index (χ4n) is 1.81. The third kappa shape index (κ3) is 2.72. The second-order valence-electron chi connectivity index (χ2n) is 4.20. The summed E-state index contributed by atoms with van der Waals surface area (Å²) in [6, 6.07) is 0.229. The van der Waals surface area contributed by atoms with Gasteiger partial charge in [-0.05, 0) is 26.7 Å². The molecule has 1 saturated heterocycles. The van der Waals surface area contributed by atoms with E-state index in [9.17, 15) is 4.79 Å². The molecule has 88 valence electrons. The third-order valence-corrected chi connectivity index (χ3v) is 3.84. The molecular weight excluding hydrogens is 222 g/mol. The van der Waals surface area contributed by atoms with E-state index in [1.54, 1.807) is 11.3 Å². The predicted octanol–water partition coefficient (Wildman–Crippen LogP) is 1.84. The Morgan fingerprint density at radius 3 is 3.00 bits per heavy atom. The number of aryl methyl sites for hydroxylation is 2. The van der Waals surface area contributed by atoms with Crippen molar-refractivity contribution in [1.29, 1.82) is 0 Å². The molecule has 0 aliphatic carbocycles. The van der Waals surface area contributed by atoms with E-state index in [1.807, 2.05) is 6.92 Å². The maximum atomic E-state index is 11.4. The number of nitrogens with one attached hydrogen (secondary N) is 2. The average molecular weight is 239 g/mol. The smallest absolute Gasteiger partial charge is 0.222 e. The largest absolute Gasteiger partial charge is 0.358 e. The van der Waals surface area contributed by atoms with Crippen LogP contribution in [-0.4, -0.2) is 23.5 Å². The molecule has 1 fully saturated rings. The zero-order valence-electron chi connectivity index (χ0n) is 9.67. The summed E-state index contributed by atoms with van der Waals surface area (Å²) in [6.45, 7) is 4.88. The van der Waals surface area contributed by atoms with Gasteiger partial charge in [0, 0.05) is 23.9 Å². The summed E-state index contributed by atoms with van der Waals surface area (Å²) >= 11 is 1.66. The summed E-state index contributed by atoms with van der Waals surface area (Å²) in [4.78, 5) is 17.1. The topological polar surface area (TPSA) is 54.0 Å². The lowest BCUT2D eigenvalue weighted by molar-refractivity contribution is -0.120. The van der Waals surface area contributed by atoms with Gasteiger partial charge in [-0.25, -0.2) is 4.98 Å². The molecule has 16 heavy (non-hydrogen) atoms. The predicted molar refractivity (Wildman–Crippen MR) is 65.9 cm³/mol. The molecule has 2 rings (SSSR count). The number of amides is 1. The maximum Gasteiger partial charge on any atom is 0.222 e. The van der Waals surface area contributed by atoms with Crippen LogP contribution in [0, 0.1) is 13.8 Å². The van der Waals surface area contributed by atoms with E-state index in [4.69, 9.17) is 0 Å². The van der Waals surface area contributed by atoms with Crippen molar-refractivity contribution in [3.8, 4) is 0 Å². The number of carbonyl (C=O) groups is 1. The fourth-order valence-corrected chi connectivity index (χ4v) is 2.70. The molecule has 1 unspecified atom stereocenters. The van der Waals surface area contributed by atoms with Crippen LogP contribution in [0.25, 0.3) is 0 Å². The van der Waals surface area contributed by atoms with Crippen LogP contribution in [0.1, 0.15) is 29.8 Å².